The third-order valence-electron chi connectivity index (χ3n) is 2.58. The molecule has 0 bridgehead atoms. The molecular formula is C14H9FINO3. The number of anilines is 1. The molecule has 0 radical (unpaired) electrons. The van der Waals surface area contributed by atoms with Crippen LogP contribution in [0.3, 0.4) is 0 Å². The molecule has 1 amide bonds. The Morgan fingerprint density at radius 2 is 1.80 bits per heavy atom. The first kappa shape index (κ1) is 14.4. The number of nitrogens with one attached hydrogen (secondary N) is 1. The smallest absolute Gasteiger partial charge is 0.337 e. The van der Waals surface area contributed by atoms with E-state index >= 15 is 0 Å². The molecule has 0 saturated carbocycles. The highest BCUT2D eigenvalue weighted by Crippen LogP contribution is 2.20. The molecule has 2 aromatic carbocycles. The van der Waals surface area contributed by atoms with Crippen LogP contribution >= 0.6 is 22.6 Å². The van der Waals surface area contributed by atoms with E-state index in [-0.39, 0.29) is 11.3 Å². The van der Waals surface area contributed by atoms with E-state index in [9.17, 15) is 14.0 Å². The molecule has 0 fully saturated rings. The highest BCUT2D eigenvalue weighted by atomic mass is 127. The predicted octanol–water partition coefficient (Wildman–Crippen LogP) is 3.38. The third kappa shape index (κ3) is 3.13. The van der Waals surface area contributed by atoms with Gasteiger partial charge in [-0.1, -0.05) is 12.1 Å². The molecule has 0 aromatic heterocycles. The van der Waals surface area contributed by atoms with Crippen molar-refractivity contribution in [1.82, 2.24) is 0 Å². The second-order valence-electron chi connectivity index (χ2n) is 3.93. The van der Waals surface area contributed by atoms with E-state index in [2.05, 4.69) is 5.32 Å². The van der Waals surface area contributed by atoms with Gasteiger partial charge in [-0.25, -0.2) is 9.18 Å². The van der Waals surface area contributed by atoms with Crippen LogP contribution < -0.4 is 5.32 Å². The minimum Gasteiger partial charge on any atom is -0.478 e. The second-order valence-corrected chi connectivity index (χ2v) is 5.09. The van der Waals surface area contributed by atoms with Gasteiger partial charge in [0.2, 0.25) is 0 Å². The van der Waals surface area contributed by atoms with Gasteiger partial charge in [0.05, 0.1) is 16.8 Å². The molecule has 2 N–H and O–H groups in total. The Balaban J connectivity index is 2.35. The Kier molecular flexibility index (Phi) is 4.33. The minimum atomic E-state index is -1.23. The van der Waals surface area contributed by atoms with Crippen LogP contribution in [0.1, 0.15) is 20.7 Å². The summed E-state index contributed by atoms with van der Waals surface area (Å²) in [5.41, 5.74) is 0.168. The van der Waals surface area contributed by atoms with Crippen LogP contribution in [0.5, 0.6) is 0 Å². The van der Waals surface area contributed by atoms with E-state index in [1.54, 1.807) is 24.3 Å². The van der Waals surface area contributed by atoms with Crippen molar-refractivity contribution >= 4 is 40.2 Å². The average Bonchev–Trinajstić information content (AvgIpc) is 2.38. The van der Waals surface area contributed by atoms with Crippen molar-refractivity contribution in [1.29, 1.82) is 0 Å². The molecule has 4 nitrogen and oxygen atoms in total. The molecule has 2 aromatic rings. The van der Waals surface area contributed by atoms with Crippen LogP contribution in [0.25, 0.3) is 0 Å². The number of aromatic carboxylic acids is 1. The summed E-state index contributed by atoms with van der Waals surface area (Å²) in [7, 11) is 0. The van der Waals surface area contributed by atoms with Crippen LogP contribution in [-0.4, -0.2) is 17.0 Å². The number of carboxylic acid groups (broad SMARTS) is 1. The first-order valence-electron chi connectivity index (χ1n) is 5.58. The molecule has 102 valence electrons. The fraction of sp³-hybridized carbons (Fsp3) is 0. The van der Waals surface area contributed by atoms with Crippen molar-refractivity contribution in [3.63, 3.8) is 0 Å². The first-order valence-corrected chi connectivity index (χ1v) is 6.65. The number of halogens is 2. The SMILES string of the molecule is O=C(Nc1cc(F)ccc1C(=O)O)c1ccccc1I. The zero-order valence-corrected chi connectivity index (χ0v) is 12.2. The normalized spacial score (nSPS) is 10.1. The summed E-state index contributed by atoms with van der Waals surface area (Å²) in [5, 5.41) is 11.4. The lowest BCUT2D eigenvalue weighted by atomic mass is 10.1. The number of carboxylic acids is 1. The van der Waals surface area contributed by atoms with E-state index in [1.165, 1.54) is 0 Å². The van der Waals surface area contributed by atoms with Gasteiger partial charge in [-0.05, 0) is 52.9 Å². The summed E-state index contributed by atoms with van der Waals surface area (Å²) in [6.07, 6.45) is 0. The van der Waals surface area contributed by atoms with Crippen molar-refractivity contribution in [3.05, 3.63) is 63.0 Å². The lowest BCUT2D eigenvalue weighted by molar-refractivity contribution is 0.0698. The monoisotopic (exact) mass is 385 g/mol. The van der Waals surface area contributed by atoms with Crippen molar-refractivity contribution in [2.45, 2.75) is 0 Å². The molecule has 0 aliphatic carbocycles. The van der Waals surface area contributed by atoms with Crippen LogP contribution in [-0.2, 0) is 0 Å². The zero-order chi connectivity index (χ0) is 14.7. The van der Waals surface area contributed by atoms with E-state index in [0.717, 1.165) is 21.8 Å². The lowest BCUT2D eigenvalue weighted by Gasteiger charge is -2.09. The van der Waals surface area contributed by atoms with Crippen molar-refractivity contribution in [3.8, 4) is 0 Å². The van der Waals surface area contributed by atoms with E-state index in [4.69, 9.17) is 5.11 Å². The van der Waals surface area contributed by atoms with Gasteiger partial charge < -0.3 is 10.4 Å². The summed E-state index contributed by atoms with van der Waals surface area (Å²) < 4.78 is 13.9. The molecule has 20 heavy (non-hydrogen) atoms. The largest absolute Gasteiger partial charge is 0.478 e. The van der Waals surface area contributed by atoms with Gasteiger partial charge in [-0.15, -0.1) is 0 Å². The van der Waals surface area contributed by atoms with E-state index < -0.39 is 17.7 Å². The Morgan fingerprint density at radius 1 is 1.10 bits per heavy atom. The maximum absolute atomic E-state index is 13.2. The van der Waals surface area contributed by atoms with Crippen molar-refractivity contribution in [2.24, 2.45) is 0 Å². The van der Waals surface area contributed by atoms with Gasteiger partial charge in [0.15, 0.2) is 0 Å². The van der Waals surface area contributed by atoms with Gasteiger partial charge in [-0.3, -0.25) is 4.79 Å². The Labute approximate surface area is 127 Å². The Bertz CT molecular complexity index is 688. The standard InChI is InChI=1S/C14H9FINO3/c15-8-5-6-10(14(19)20)12(7-8)17-13(18)9-3-1-2-4-11(9)16/h1-7H,(H,17,18)(H,19,20). The fourth-order valence-electron chi connectivity index (χ4n) is 1.64. The average molecular weight is 385 g/mol. The molecular weight excluding hydrogens is 376 g/mol. The lowest BCUT2D eigenvalue weighted by Crippen LogP contribution is -2.16. The van der Waals surface area contributed by atoms with Crippen molar-refractivity contribution in [2.75, 3.05) is 5.32 Å². The quantitative estimate of drug-likeness (QED) is 0.797. The highest BCUT2D eigenvalue weighted by molar-refractivity contribution is 14.1. The Morgan fingerprint density at radius 3 is 2.45 bits per heavy atom. The molecule has 2 rings (SSSR count). The molecule has 0 aliphatic heterocycles. The number of amides is 1. The number of carbonyl (C=O) groups is 2. The molecule has 0 saturated heterocycles. The van der Waals surface area contributed by atoms with Crippen molar-refractivity contribution < 1.29 is 19.1 Å². The molecule has 0 unspecified atom stereocenters. The number of rotatable bonds is 3. The number of benzene rings is 2. The molecule has 0 spiro atoms. The summed E-state index contributed by atoms with van der Waals surface area (Å²) in [4.78, 5) is 23.1. The Hall–Kier alpha value is -1.96. The first-order chi connectivity index (χ1) is 9.49. The van der Waals surface area contributed by atoms with Gasteiger partial charge in [-0.2, -0.15) is 0 Å². The van der Waals surface area contributed by atoms with Crippen LogP contribution in [0.15, 0.2) is 42.5 Å². The molecule has 0 heterocycles. The van der Waals surface area contributed by atoms with Gasteiger partial charge in [0, 0.05) is 3.57 Å². The number of hydrogen-bond acceptors (Lipinski definition) is 2. The van der Waals surface area contributed by atoms with Gasteiger partial charge in [0.25, 0.3) is 5.91 Å². The van der Waals surface area contributed by atoms with E-state index in [0.29, 0.717) is 5.56 Å². The minimum absolute atomic E-state index is 0.0675. The predicted molar refractivity (Wildman–Crippen MR) is 80.5 cm³/mol. The highest BCUT2D eigenvalue weighted by Gasteiger charge is 2.15. The molecule has 6 heteroatoms. The van der Waals surface area contributed by atoms with E-state index in [1.807, 2.05) is 22.6 Å². The summed E-state index contributed by atoms with van der Waals surface area (Å²) in [6.45, 7) is 0. The number of carbonyl (C=O) groups excluding carboxylic acids is 1. The topological polar surface area (TPSA) is 66.4 Å². The fourth-order valence-corrected chi connectivity index (χ4v) is 2.27. The third-order valence-corrected chi connectivity index (χ3v) is 3.52. The maximum atomic E-state index is 13.2. The van der Waals surface area contributed by atoms with Crippen LogP contribution in [0.4, 0.5) is 10.1 Å². The zero-order valence-electron chi connectivity index (χ0n) is 10.1. The van der Waals surface area contributed by atoms with Gasteiger partial charge in [0.1, 0.15) is 5.82 Å². The maximum Gasteiger partial charge on any atom is 0.337 e. The second kappa shape index (κ2) is 6.00. The summed E-state index contributed by atoms with van der Waals surface area (Å²) in [5.74, 6) is -2.33. The van der Waals surface area contributed by atoms with Crippen LogP contribution in [0.2, 0.25) is 0 Å². The van der Waals surface area contributed by atoms with Gasteiger partial charge >= 0.3 is 5.97 Å². The summed E-state index contributed by atoms with van der Waals surface area (Å²) in [6, 6.07) is 9.96. The summed E-state index contributed by atoms with van der Waals surface area (Å²) >= 11 is 2.00. The molecule has 0 atom stereocenters. The van der Waals surface area contributed by atoms with Crippen LogP contribution in [0, 0.1) is 9.39 Å². The molecule has 0 aliphatic rings. The number of hydrogen-bond donors (Lipinski definition) is 2.